The van der Waals surface area contributed by atoms with Crippen molar-refractivity contribution >= 4 is 12.0 Å². The van der Waals surface area contributed by atoms with Gasteiger partial charge in [-0.15, -0.1) is 0 Å². The highest BCUT2D eigenvalue weighted by Gasteiger charge is 2.42. The third-order valence-electron chi connectivity index (χ3n) is 4.26. The fourth-order valence-corrected chi connectivity index (χ4v) is 2.60. The lowest BCUT2D eigenvalue weighted by molar-refractivity contribution is -0.220. The third-order valence-corrected chi connectivity index (χ3v) is 4.26. The van der Waals surface area contributed by atoms with Gasteiger partial charge in [0.2, 0.25) is 0 Å². The van der Waals surface area contributed by atoms with E-state index in [2.05, 4.69) is 42.8 Å². The fourth-order valence-electron chi connectivity index (χ4n) is 2.60. The summed E-state index contributed by atoms with van der Waals surface area (Å²) >= 11 is 0. The number of rotatable bonds is 8. The first-order chi connectivity index (χ1) is 11.0. The van der Waals surface area contributed by atoms with Gasteiger partial charge in [0.05, 0.1) is 38.5 Å². The summed E-state index contributed by atoms with van der Waals surface area (Å²) in [7, 11) is 3.70. The van der Waals surface area contributed by atoms with Crippen molar-refractivity contribution in [2.45, 2.75) is 26.4 Å². The molecule has 0 N–H and O–H groups in total. The Balaban J connectivity index is 2.23. The van der Waals surface area contributed by atoms with Crippen LogP contribution in [0, 0.1) is 13.8 Å². The van der Waals surface area contributed by atoms with E-state index in [9.17, 15) is 0 Å². The summed E-state index contributed by atoms with van der Waals surface area (Å²) in [5.74, 6) is 0. The molecule has 0 aromatic heterocycles. The molecule has 128 valence electrons. The van der Waals surface area contributed by atoms with Crippen LogP contribution in [-0.2, 0) is 19.8 Å². The molecule has 0 radical (unpaired) electrons. The molecule has 0 spiro atoms. The van der Waals surface area contributed by atoms with Crippen LogP contribution >= 0.6 is 0 Å². The lowest BCUT2D eigenvalue weighted by Crippen LogP contribution is -2.50. The van der Waals surface area contributed by atoms with Crippen LogP contribution in [0.25, 0.3) is 0 Å². The Kier molecular flexibility index (Phi) is 6.16. The highest BCUT2D eigenvalue weighted by molar-refractivity contribution is 5.64. The minimum absolute atomic E-state index is 0.337. The molecule has 23 heavy (non-hydrogen) atoms. The maximum atomic E-state index is 6.09. The van der Waals surface area contributed by atoms with E-state index in [-0.39, 0.29) is 5.60 Å². The smallest absolute Gasteiger partial charge is 0.140 e. The molecule has 0 amide bonds. The van der Waals surface area contributed by atoms with Crippen molar-refractivity contribution in [3.63, 3.8) is 0 Å². The van der Waals surface area contributed by atoms with E-state index in [1.807, 2.05) is 13.4 Å². The molecule has 5 nitrogen and oxygen atoms in total. The number of methoxy groups -OCH3 is 1. The van der Waals surface area contributed by atoms with E-state index >= 15 is 0 Å². The zero-order valence-corrected chi connectivity index (χ0v) is 14.9. The van der Waals surface area contributed by atoms with Gasteiger partial charge in [0.15, 0.2) is 0 Å². The average Bonchev–Trinajstić information content (AvgIpc) is 2.50. The molecule has 1 heterocycles. The molecule has 0 atom stereocenters. The highest BCUT2D eigenvalue weighted by Crippen LogP contribution is 2.38. The number of aliphatic imine (C=N–C) groups is 1. The van der Waals surface area contributed by atoms with Crippen molar-refractivity contribution < 1.29 is 14.2 Å². The molecule has 5 heteroatoms. The number of aryl methyl sites for hydroxylation is 2. The van der Waals surface area contributed by atoms with Gasteiger partial charge >= 0.3 is 0 Å². The van der Waals surface area contributed by atoms with Gasteiger partial charge in [0.1, 0.15) is 5.60 Å². The summed E-state index contributed by atoms with van der Waals surface area (Å²) in [5, 5.41) is 0. The predicted molar refractivity (Wildman–Crippen MR) is 92.7 cm³/mol. The second-order valence-electron chi connectivity index (χ2n) is 6.10. The van der Waals surface area contributed by atoms with Crippen molar-refractivity contribution in [2.24, 2.45) is 4.99 Å². The molecule has 1 saturated heterocycles. The van der Waals surface area contributed by atoms with Crippen LogP contribution in [0.5, 0.6) is 0 Å². The molecule has 0 bridgehead atoms. The molecule has 1 fully saturated rings. The summed E-state index contributed by atoms with van der Waals surface area (Å²) in [5.41, 5.74) is 4.19. The Morgan fingerprint density at radius 2 is 2.00 bits per heavy atom. The van der Waals surface area contributed by atoms with Crippen LogP contribution in [0.2, 0.25) is 0 Å². The zero-order valence-electron chi connectivity index (χ0n) is 14.9. The second-order valence-corrected chi connectivity index (χ2v) is 6.10. The van der Waals surface area contributed by atoms with E-state index in [0.29, 0.717) is 26.4 Å². The Morgan fingerprint density at radius 1 is 1.26 bits per heavy atom. The van der Waals surface area contributed by atoms with Crippen LogP contribution < -0.4 is 0 Å². The first-order valence-electron chi connectivity index (χ1n) is 8.09. The van der Waals surface area contributed by atoms with Crippen LogP contribution in [0.1, 0.15) is 23.6 Å². The van der Waals surface area contributed by atoms with E-state index in [1.54, 1.807) is 7.11 Å². The first-order valence-corrected chi connectivity index (χ1v) is 8.09. The van der Waals surface area contributed by atoms with Gasteiger partial charge in [-0.3, -0.25) is 0 Å². The van der Waals surface area contributed by atoms with Gasteiger partial charge in [-0.25, -0.2) is 4.99 Å². The lowest BCUT2D eigenvalue weighted by Gasteiger charge is -2.42. The maximum Gasteiger partial charge on any atom is 0.140 e. The van der Waals surface area contributed by atoms with Gasteiger partial charge in [-0.2, -0.15) is 0 Å². The van der Waals surface area contributed by atoms with Crippen molar-refractivity contribution in [2.75, 3.05) is 47.1 Å². The van der Waals surface area contributed by atoms with Gasteiger partial charge in [-0.05, 0) is 43.5 Å². The summed E-state index contributed by atoms with van der Waals surface area (Å²) in [6.07, 6.45) is 1.87. The second kappa shape index (κ2) is 7.90. The molecule has 1 aliphatic heterocycles. The maximum absolute atomic E-state index is 6.09. The highest BCUT2D eigenvalue weighted by atomic mass is 16.6. The molecular weight excluding hydrogens is 292 g/mol. The minimum atomic E-state index is -0.337. The van der Waals surface area contributed by atoms with Crippen molar-refractivity contribution in [1.82, 2.24) is 4.90 Å². The molecule has 1 aliphatic rings. The Hall–Kier alpha value is -1.43. The van der Waals surface area contributed by atoms with Crippen LogP contribution in [0.4, 0.5) is 5.69 Å². The first kappa shape index (κ1) is 17.9. The molecule has 0 aliphatic carbocycles. The third kappa shape index (κ3) is 4.10. The van der Waals surface area contributed by atoms with E-state index in [0.717, 1.165) is 17.8 Å². The van der Waals surface area contributed by atoms with E-state index < -0.39 is 0 Å². The topological polar surface area (TPSA) is 43.3 Å². The van der Waals surface area contributed by atoms with E-state index in [1.165, 1.54) is 11.1 Å². The molecule has 1 aromatic rings. The standard InChI is InChI=1S/C18H28N2O3/c1-6-20(4)13-19-17-10-14(2)16(9-15(17)3)18(11-22-12-18)23-8-7-21-5/h9-10,13H,6-8,11-12H2,1-5H3. The normalized spacial score (nSPS) is 16.6. The van der Waals surface area contributed by atoms with Crippen LogP contribution in [-0.4, -0.2) is 58.4 Å². The van der Waals surface area contributed by atoms with Crippen molar-refractivity contribution in [1.29, 1.82) is 0 Å². The predicted octanol–water partition coefficient (Wildman–Crippen LogP) is 2.80. The largest absolute Gasteiger partial charge is 0.382 e. The number of nitrogens with zero attached hydrogens (tertiary/aromatic N) is 2. The number of ether oxygens (including phenoxy) is 3. The van der Waals surface area contributed by atoms with Crippen LogP contribution in [0.15, 0.2) is 17.1 Å². The summed E-state index contributed by atoms with van der Waals surface area (Å²) in [6.45, 7) is 9.58. The molecular formula is C18H28N2O3. The van der Waals surface area contributed by atoms with Crippen molar-refractivity contribution in [3.8, 4) is 0 Å². The van der Waals surface area contributed by atoms with Gasteiger partial charge in [-0.1, -0.05) is 6.07 Å². The quantitative estimate of drug-likeness (QED) is 0.420. The summed E-state index contributed by atoms with van der Waals surface area (Å²) in [6, 6.07) is 4.31. The molecule has 0 unspecified atom stereocenters. The SMILES string of the molecule is CCN(C)C=Nc1cc(C)c(C2(OCCOC)COC2)cc1C. The van der Waals surface area contributed by atoms with Gasteiger partial charge in [0, 0.05) is 20.7 Å². The molecule has 2 rings (SSSR count). The number of hydrogen-bond donors (Lipinski definition) is 0. The number of hydrogen-bond acceptors (Lipinski definition) is 4. The number of benzene rings is 1. The lowest BCUT2D eigenvalue weighted by atomic mass is 9.86. The molecule has 1 aromatic carbocycles. The molecule has 0 saturated carbocycles. The van der Waals surface area contributed by atoms with Crippen LogP contribution in [0.3, 0.4) is 0 Å². The Bertz CT molecular complexity index is 553. The zero-order chi connectivity index (χ0) is 16.9. The van der Waals surface area contributed by atoms with Gasteiger partial charge in [0.25, 0.3) is 0 Å². The van der Waals surface area contributed by atoms with Crippen molar-refractivity contribution in [3.05, 3.63) is 28.8 Å². The summed E-state index contributed by atoms with van der Waals surface area (Å²) < 4.78 is 16.6. The van der Waals surface area contributed by atoms with E-state index in [4.69, 9.17) is 14.2 Å². The minimum Gasteiger partial charge on any atom is -0.382 e. The summed E-state index contributed by atoms with van der Waals surface area (Å²) in [4.78, 5) is 6.64. The monoisotopic (exact) mass is 320 g/mol. The average molecular weight is 320 g/mol. The fraction of sp³-hybridized carbons (Fsp3) is 0.611. The van der Waals surface area contributed by atoms with Gasteiger partial charge < -0.3 is 19.1 Å². The Labute approximate surface area is 139 Å². The Morgan fingerprint density at radius 3 is 2.57 bits per heavy atom.